The molecule has 2 rings (SSSR count). The van der Waals surface area contributed by atoms with Gasteiger partial charge in [-0.25, -0.2) is 0 Å². The van der Waals surface area contributed by atoms with Crippen LogP contribution in [0.1, 0.15) is 25.0 Å². The molecule has 1 unspecified atom stereocenters. The van der Waals surface area contributed by atoms with Gasteiger partial charge in [0.1, 0.15) is 0 Å². The number of nitrogens with zero attached hydrogens (tertiary/aromatic N) is 1. The van der Waals surface area contributed by atoms with Gasteiger partial charge in [-0.2, -0.15) is 0 Å². The summed E-state index contributed by atoms with van der Waals surface area (Å²) in [5, 5.41) is 9.37. The molecule has 21 heavy (non-hydrogen) atoms. The van der Waals surface area contributed by atoms with Crippen LogP contribution in [0.25, 0.3) is 0 Å². The Hall–Kier alpha value is -1.38. The number of benzene rings is 1. The smallest absolute Gasteiger partial charge is 0.0940 e. The summed E-state index contributed by atoms with van der Waals surface area (Å²) in [7, 11) is 0. The molecule has 114 valence electrons. The fourth-order valence-electron chi connectivity index (χ4n) is 2.79. The Bertz CT molecular complexity index is 531. The second-order valence-corrected chi connectivity index (χ2v) is 6.06. The summed E-state index contributed by atoms with van der Waals surface area (Å²) in [4.78, 5) is 2.32. The largest absolute Gasteiger partial charge is 0.394 e. The molecule has 1 atom stereocenters. The molecule has 1 aromatic rings. The van der Waals surface area contributed by atoms with E-state index in [4.69, 9.17) is 10.5 Å². The maximum Gasteiger partial charge on any atom is 0.0940 e. The molecule has 1 aliphatic rings. The summed E-state index contributed by atoms with van der Waals surface area (Å²) >= 11 is 0. The van der Waals surface area contributed by atoms with Gasteiger partial charge in [-0.1, -0.05) is 24.0 Å². The van der Waals surface area contributed by atoms with Crippen molar-refractivity contribution < 1.29 is 9.84 Å². The zero-order valence-corrected chi connectivity index (χ0v) is 12.8. The molecular weight excluding hydrogens is 264 g/mol. The maximum absolute atomic E-state index is 9.37. The molecule has 4 heteroatoms. The topological polar surface area (TPSA) is 58.7 Å². The predicted octanol–water partition coefficient (Wildman–Crippen LogP) is 0.968. The molecule has 1 fully saturated rings. The van der Waals surface area contributed by atoms with Crippen LogP contribution in [0.15, 0.2) is 24.3 Å². The van der Waals surface area contributed by atoms with Crippen molar-refractivity contribution in [1.29, 1.82) is 0 Å². The third kappa shape index (κ3) is 4.83. The summed E-state index contributed by atoms with van der Waals surface area (Å²) < 4.78 is 5.84. The number of hydrogen-bond acceptors (Lipinski definition) is 4. The van der Waals surface area contributed by atoms with Crippen molar-refractivity contribution >= 4 is 0 Å². The third-order valence-electron chi connectivity index (χ3n) is 3.42. The molecule has 1 heterocycles. The minimum atomic E-state index is -0.234. The molecule has 1 aliphatic heterocycles. The van der Waals surface area contributed by atoms with E-state index in [0.29, 0.717) is 6.54 Å². The Morgan fingerprint density at radius 3 is 3.00 bits per heavy atom. The van der Waals surface area contributed by atoms with E-state index in [-0.39, 0.29) is 18.3 Å². The van der Waals surface area contributed by atoms with Crippen LogP contribution in [0.2, 0.25) is 0 Å². The minimum absolute atomic E-state index is 0.0575. The Morgan fingerprint density at radius 1 is 1.48 bits per heavy atom. The number of aliphatic hydroxyl groups is 1. The molecule has 0 aromatic heterocycles. The average Bonchev–Trinajstić information content (AvgIpc) is 2.43. The van der Waals surface area contributed by atoms with Crippen LogP contribution < -0.4 is 5.73 Å². The number of rotatable bonds is 3. The second kappa shape index (κ2) is 7.06. The Kier molecular flexibility index (Phi) is 5.38. The van der Waals surface area contributed by atoms with Gasteiger partial charge in [0.25, 0.3) is 0 Å². The Morgan fingerprint density at radius 2 is 2.29 bits per heavy atom. The van der Waals surface area contributed by atoms with Gasteiger partial charge in [-0.15, -0.1) is 0 Å². The fourth-order valence-corrected chi connectivity index (χ4v) is 2.79. The number of hydrogen-bond donors (Lipinski definition) is 2. The molecule has 3 N–H and O–H groups in total. The van der Waals surface area contributed by atoms with Crippen LogP contribution >= 0.6 is 0 Å². The molecule has 0 aliphatic carbocycles. The first kappa shape index (κ1) is 16.0. The molecular formula is C17H24N2O2. The van der Waals surface area contributed by atoms with Gasteiger partial charge in [0, 0.05) is 25.2 Å². The number of aliphatic hydroxyl groups excluding tert-OH is 1. The lowest BCUT2D eigenvalue weighted by Gasteiger charge is -2.42. The summed E-state index contributed by atoms with van der Waals surface area (Å²) in [5.74, 6) is 5.94. The van der Waals surface area contributed by atoms with Crippen molar-refractivity contribution in [3.8, 4) is 11.8 Å². The molecule has 1 aromatic carbocycles. The van der Waals surface area contributed by atoms with Crippen molar-refractivity contribution in [1.82, 2.24) is 4.90 Å². The fraction of sp³-hybridized carbons (Fsp3) is 0.529. The second-order valence-electron chi connectivity index (χ2n) is 6.06. The normalized spacial score (nSPS) is 21.6. The van der Waals surface area contributed by atoms with Gasteiger partial charge < -0.3 is 15.6 Å². The lowest BCUT2D eigenvalue weighted by molar-refractivity contribution is -0.150. The van der Waals surface area contributed by atoms with Gasteiger partial charge in [0.15, 0.2) is 0 Å². The van der Waals surface area contributed by atoms with Crippen LogP contribution in [-0.4, -0.2) is 48.0 Å². The predicted molar refractivity (Wildman–Crippen MR) is 83.7 cm³/mol. The van der Waals surface area contributed by atoms with Gasteiger partial charge in [-0.3, -0.25) is 4.90 Å². The molecule has 0 spiro atoms. The highest BCUT2D eigenvalue weighted by Gasteiger charge is 2.32. The summed E-state index contributed by atoms with van der Waals surface area (Å²) in [6, 6.07) is 8.21. The van der Waals surface area contributed by atoms with Gasteiger partial charge >= 0.3 is 0 Å². The molecule has 0 radical (unpaired) electrons. The standard InChI is InChI=1S/C17H24N2O2/c1-17(2)13-19(11-16(12-20)21-17)10-15-6-3-5-14(9-15)7-4-8-18/h3,5-6,9,16,20H,8,10-13,18H2,1-2H3. The van der Waals surface area contributed by atoms with E-state index in [0.717, 1.165) is 25.2 Å². The Labute approximate surface area is 126 Å². The van der Waals surface area contributed by atoms with Gasteiger partial charge in [-0.05, 0) is 31.5 Å². The van der Waals surface area contributed by atoms with Crippen molar-refractivity contribution in [2.45, 2.75) is 32.1 Å². The van der Waals surface area contributed by atoms with Crippen molar-refractivity contribution in [2.24, 2.45) is 5.73 Å². The maximum atomic E-state index is 9.37. The number of nitrogens with two attached hydrogens (primary N) is 1. The van der Waals surface area contributed by atoms with E-state index < -0.39 is 0 Å². The Balaban J connectivity index is 2.06. The SMILES string of the molecule is CC1(C)CN(Cc2cccc(C#CCN)c2)CC(CO)O1. The van der Waals surface area contributed by atoms with E-state index >= 15 is 0 Å². The minimum Gasteiger partial charge on any atom is -0.394 e. The van der Waals surface area contributed by atoms with Crippen LogP contribution in [0.5, 0.6) is 0 Å². The van der Waals surface area contributed by atoms with Crippen LogP contribution in [0, 0.1) is 11.8 Å². The van der Waals surface area contributed by atoms with Crippen molar-refractivity contribution in [3.05, 3.63) is 35.4 Å². The van der Waals surface area contributed by atoms with E-state index in [2.05, 4.69) is 42.7 Å². The summed E-state index contributed by atoms with van der Waals surface area (Å²) in [6.45, 7) is 6.99. The van der Waals surface area contributed by atoms with E-state index in [1.807, 2.05) is 12.1 Å². The van der Waals surface area contributed by atoms with E-state index in [9.17, 15) is 5.11 Å². The zero-order valence-electron chi connectivity index (χ0n) is 12.8. The molecule has 0 bridgehead atoms. The third-order valence-corrected chi connectivity index (χ3v) is 3.42. The van der Waals surface area contributed by atoms with E-state index in [1.165, 1.54) is 5.56 Å². The average molecular weight is 288 g/mol. The summed E-state index contributed by atoms with van der Waals surface area (Å²) in [5.41, 5.74) is 7.38. The van der Waals surface area contributed by atoms with E-state index in [1.54, 1.807) is 0 Å². The highest BCUT2D eigenvalue weighted by molar-refractivity contribution is 5.37. The first-order valence-electron chi connectivity index (χ1n) is 7.31. The summed E-state index contributed by atoms with van der Waals surface area (Å²) in [6.07, 6.45) is -0.117. The van der Waals surface area contributed by atoms with Crippen LogP contribution in [-0.2, 0) is 11.3 Å². The molecule has 1 saturated heterocycles. The first-order valence-corrected chi connectivity index (χ1v) is 7.31. The highest BCUT2D eigenvalue weighted by Crippen LogP contribution is 2.22. The first-order chi connectivity index (χ1) is 10.0. The molecule has 0 amide bonds. The van der Waals surface area contributed by atoms with Crippen LogP contribution in [0.4, 0.5) is 0 Å². The number of ether oxygens (including phenoxy) is 1. The highest BCUT2D eigenvalue weighted by atomic mass is 16.5. The van der Waals surface area contributed by atoms with Crippen molar-refractivity contribution in [2.75, 3.05) is 26.2 Å². The molecule has 0 saturated carbocycles. The quantitative estimate of drug-likeness (QED) is 0.814. The lowest BCUT2D eigenvalue weighted by Crippen LogP contribution is -2.53. The lowest BCUT2D eigenvalue weighted by atomic mass is 10.0. The van der Waals surface area contributed by atoms with Gasteiger partial charge in [0.2, 0.25) is 0 Å². The monoisotopic (exact) mass is 288 g/mol. The van der Waals surface area contributed by atoms with Crippen LogP contribution in [0.3, 0.4) is 0 Å². The van der Waals surface area contributed by atoms with Crippen molar-refractivity contribution in [3.63, 3.8) is 0 Å². The zero-order chi connectivity index (χ0) is 15.3. The molecule has 4 nitrogen and oxygen atoms in total. The van der Waals surface area contributed by atoms with Gasteiger partial charge in [0.05, 0.1) is 24.9 Å². The number of morpholine rings is 1.